The van der Waals surface area contributed by atoms with Crippen LogP contribution in [0.1, 0.15) is 5.69 Å². The van der Waals surface area contributed by atoms with Crippen LogP contribution in [0.4, 0.5) is 0 Å². The molecule has 0 unspecified atom stereocenters. The molecule has 0 aromatic carbocycles. The summed E-state index contributed by atoms with van der Waals surface area (Å²) in [5.41, 5.74) is 2.97. The molecule has 15 heavy (non-hydrogen) atoms. The third kappa shape index (κ3) is 2.22. The molecule has 0 fully saturated rings. The van der Waals surface area contributed by atoms with Crippen LogP contribution in [0.3, 0.4) is 0 Å². The molecule has 78 valence electrons. The predicted octanol–water partition coefficient (Wildman–Crippen LogP) is 1.20. The number of hydrogen-bond donors (Lipinski definition) is 1. The first kappa shape index (κ1) is 9.86. The second-order valence-corrected chi connectivity index (χ2v) is 3.51. The second-order valence-electron chi connectivity index (χ2n) is 3.51. The number of aryl methyl sites for hydroxylation is 1. The van der Waals surface area contributed by atoms with E-state index in [1.807, 2.05) is 49.3 Å². The van der Waals surface area contributed by atoms with Crippen LogP contribution < -0.4 is 5.32 Å². The van der Waals surface area contributed by atoms with Crippen LogP contribution >= 0.6 is 0 Å². The summed E-state index contributed by atoms with van der Waals surface area (Å²) in [7, 11) is 3.89. The maximum Gasteiger partial charge on any atom is 0.0945 e. The third-order valence-electron chi connectivity index (χ3n) is 2.21. The molecule has 0 bridgehead atoms. The molecule has 4 heteroatoms. The highest BCUT2D eigenvalue weighted by Crippen LogP contribution is 2.15. The minimum Gasteiger partial charge on any atom is -0.357 e. The molecule has 1 N–H and O–H groups in total. The summed E-state index contributed by atoms with van der Waals surface area (Å²) in [5, 5.41) is 11.4. The fourth-order valence-corrected chi connectivity index (χ4v) is 1.44. The van der Waals surface area contributed by atoms with E-state index in [1.165, 1.54) is 0 Å². The molecule has 0 spiro atoms. The molecule has 0 aliphatic heterocycles. The van der Waals surface area contributed by atoms with Crippen molar-refractivity contribution in [1.82, 2.24) is 20.1 Å². The quantitative estimate of drug-likeness (QED) is 0.813. The molecule has 0 radical (unpaired) electrons. The molecule has 0 amide bonds. The Morgan fingerprint density at radius 1 is 1.27 bits per heavy atom. The van der Waals surface area contributed by atoms with Gasteiger partial charge >= 0.3 is 0 Å². The van der Waals surface area contributed by atoms with Crippen LogP contribution in [0.15, 0.2) is 30.6 Å². The lowest BCUT2D eigenvalue weighted by molar-refractivity contribution is 0.768. The Bertz CT molecular complexity index is 430. The normalized spacial score (nSPS) is 10.5. The highest BCUT2D eigenvalue weighted by atomic mass is 15.1. The summed E-state index contributed by atoms with van der Waals surface area (Å²) in [6, 6.07) is 6.02. The zero-order valence-corrected chi connectivity index (χ0v) is 8.94. The van der Waals surface area contributed by atoms with Crippen molar-refractivity contribution in [2.45, 2.75) is 6.54 Å². The number of rotatable bonds is 3. The van der Waals surface area contributed by atoms with Gasteiger partial charge in [0.15, 0.2) is 0 Å². The van der Waals surface area contributed by atoms with Crippen molar-refractivity contribution in [2.75, 3.05) is 7.05 Å². The van der Waals surface area contributed by atoms with Crippen molar-refractivity contribution in [2.24, 2.45) is 7.05 Å². The third-order valence-corrected chi connectivity index (χ3v) is 2.21. The van der Waals surface area contributed by atoms with Crippen LogP contribution in [0.25, 0.3) is 11.3 Å². The van der Waals surface area contributed by atoms with Crippen molar-refractivity contribution >= 4 is 0 Å². The van der Waals surface area contributed by atoms with Gasteiger partial charge in [0.2, 0.25) is 0 Å². The van der Waals surface area contributed by atoms with Gasteiger partial charge in [0, 0.05) is 31.5 Å². The summed E-state index contributed by atoms with van der Waals surface area (Å²) in [6.45, 7) is 0.752. The van der Waals surface area contributed by atoms with Gasteiger partial charge in [0.05, 0.1) is 11.4 Å². The molecule has 0 aliphatic rings. The first-order chi connectivity index (χ1) is 7.29. The predicted molar refractivity (Wildman–Crippen MR) is 59.2 cm³/mol. The maximum absolute atomic E-state index is 4.18. The Balaban J connectivity index is 2.23. The van der Waals surface area contributed by atoms with Crippen LogP contribution in [0.5, 0.6) is 0 Å². The Kier molecular flexibility index (Phi) is 2.78. The fraction of sp³-hybridized carbons (Fsp3) is 0.273. The van der Waals surface area contributed by atoms with Gasteiger partial charge in [-0.3, -0.25) is 0 Å². The van der Waals surface area contributed by atoms with Gasteiger partial charge in [0.1, 0.15) is 0 Å². The summed E-state index contributed by atoms with van der Waals surface area (Å²) < 4.78 is 2.00. The van der Waals surface area contributed by atoms with E-state index in [-0.39, 0.29) is 0 Å². The molecule has 0 saturated heterocycles. The van der Waals surface area contributed by atoms with E-state index < -0.39 is 0 Å². The van der Waals surface area contributed by atoms with Crippen LogP contribution in [0, 0.1) is 0 Å². The van der Waals surface area contributed by atoms with E-state index in [0.717, 1.165) is 23.5 Å². The summed E-state index contributed by atoms with van der Waals surface area (Å²) in [4.78, 5) is 0. The molecule has 4 nitrogen and oxygen atoms in total. The van der Waals surface area contributed by atoms with Gasteiger partial charge in [-0.2, -0.15) is 10.2 Å². The van der Waals surface area contributed by atoms with Gasteiger partial charge in [-0.25, -0.2) is 0 Å². The minimum atomic E-state index is 0.752. The minimum absolute atomic E-state index is 0.752. The van der Waals surface area contributed by atoms with Crippen molar-refractivity contribution in [1.29, 1.82) is 0 Å². The van der Waals surface area contributed by atoms with E-state index in [0.29, 0.717) is 0 Å². The monoisotopic (exact) mass is 202 g/mol. The maximum atomic E-state index is 4.18. The average molecular weight is 202 g/mol. The Morgan fingerprint density at radius 3 is 2.67 bits per heavy atom. The van der Waals surface area contributed by atoms with Gasteiger partial charge in [-0.1, -0.05) is 0 Å². The summed E-state index contributed by atoms with van der Waals surface area (Å²) >= 11 is 0. The van der Waals surface area contributed by atoms with E-state index >= 15 is 0 Å². The van der Waals surface area contributed by atoms with Gasteiger partial charge < -0.3 is 9.88 Å². The molecule has 0 aliphatic carbocycles. The lowest BCUT2D eigenvalue weighted by Gasteiger charge is -1.99. The van der Waals surface area contributed by atoms with E-state index in [2.05, 4.69) is 15.5 Å². The zero-order chi connectivity index (χ0) is 10.7. The molecule has 2 heterocycles. The molecule has 0 atom stereocenters. The Hall–Kier alpha value is -1.68. The lowest BCUT2D eigenvalue weighted by atomic mass is 10.2. The number of aromatic nitrogens is 3. The summed E-state index contributed by atoms with van der Waals surface area (Å²) in [6.07, 6.45) is 4.03. The van der Waals surface area contributed by atoms with Crippen molar-refractivity contribution in [3.05, 3.63) is 36.3 Å². The topological polar surface area (TPSA) is 42.7 Å². The van der Waals surface area contributed by atoms with E-state index in [1.54, 1.807) is 0 Å². The van der Waals surface area contributed by atoms with Crippen LogP contribution in [-0.2, 0) is 13.6 Å². The summed E-state index contributed by atoms with van der Waals surface area (Å²) in [5.74, 6) is 0. The van der Waals surface area contributed by atoms with E-state index in [9.17, 15) is 0 Å². The highest BCUT2D eigenvalue weighted by Gasteiger charge is 2.01. The van der Waals surface area contributed by atoms with Gasteiger partial charge in [0.25, 0.3) is 0 Å². The second kappa shape index (κ2) is 4.23. The Labute approximate surface area is 89.0 Å². The number of nitrogens with one attached hydrogen (secondary N) is 1. The van der Waals surface area contributed by atoms with Crippen molar-refractivity contribution in [3.63, 3.8) is 0 Å². The largest absolute Gasteiger partial charge is 0.357 e. The lowest BCUT2D eigenvalue weighted by Crippen LogP contribution is -2.07. The SMILES string of the molecule is CNCc1ccc(-c2ccn(C)c2)nn1. The molecule has 2 aromatic rings. The van der Waals surface area contributed by atoms with E-state index in [4.69, 9.17) is 0 Å². The van der Waals surface area contributed by atoms with Crippen molar-refractivity contribution < 1.29 is 0 Å². The molecule has 2 rings (SSSR count). The van der Waals surface area contributed by atoms with Crippen LogP contribution in [-0.4, -0.2) is 21.8 Å². The smallest absolute Gasteiger partial charge is 0.0945 e. The standard InChI is InChI=1S/C11H14N4/c1-12-7-10-3-4-11(14-13-10)9-5-6-15(2)8-9/h3-6,8,12H,7H2,1-2H3. The number of hydrogen-bond acceptors (Lipinski definition) is 3. The highest BCUT2D eigenvalue weighted by molar-refractivity contribution is 5.57. The van der Waals surface area contributed by atoms with Crippen LogP contribution in [0.2, 0.25) is 0 Å². The van der Waals surface area contributed by atoms with Gasteiger partial charge in [-0.15, -0.1) is 0 Å². The number of nitrogens with zero attached hydrogens (tertiary/aromatic N) is 3. The fourth-order valence-electron chi connectivity index (χ4n) is 1.44. The first-order valence-corrected chi connectivity index (χ1v) is 4.89. The average Bonchev–Trinajstić information content (AvgIpc) is 2.67. The molecular weight excluding hydrogens is 188 g/mol. The molecule has 0 saturated carbocycles. The first-order valence-electron chi connectivity index (χ1n) is 4.89. The molecule has 2 aromatic heterocycles. The Morgan fingerprint density at radius 2 is 2.13 bits per heavy atom. The zero-order valence-electron chi connectivity index (χ0n) is 8.94. The van der Waals surface area contributed by atoms with Gasteiger partial charge in [-0.05, 0) is 25.2 Å². The van der Waals surface area contributed by atoms with Crippen molar-refractivity contribution in [3.8, 4) is 11.3 Å². The molecular formula is C11H14N4.